The van der Waals surface area contributed by atoms with Gasteiger partial charge in [0, 0.05) is 6.20 Å². The Kier molecular flexibility index (Phi) is 3.40. The first-order valence-corrected chi connectivity index (χ1v) is 5.79. The van der Waals surface area contributed by atoms with Gasteiger partial charge in [-0.2, -0.15) is 0 Å². The van der Waals surface area contributed by atoms with E-state index >= 15 is 0 Å². The molecule has 0 aliphatic heterocycles. The van der Waals surface area contributed by atoms with Crippen LogP contribution in [0.2, 0.25) is 0 Å². The molecule has 0 amide bonds. The van der Waals surface area contributed by atoms with Crippen molar-refractivity contribution in [3.8, 4) is 11.4 Å². The number of aromatic carboxylic acids is 1. The number of hydrogen-bond acceptors (Lipinski definition) is 6. The minimum Gasteiger partial charge on any atom is -0.768 e. The van der Waals surface area contributed by atoms with Gasteiger partial charge in [-0.3, -0.25) is 9.19 Å². The fraction of sp³-hybridized carbons (Fsp3) is 0. The monoisotopic (exact) mass is 264 g/mol. The van der Waals surface area contributed by atoms with Crippen molar-refractivity contribution < 1.29 is 18.7 Å². The third kappa shape index (κ3) is 2.39. The van der Waals surface area contributed by atoms with Gasteiger partial charge in [-0.25, -0.2) is 4.79 Å². The molecule has 2 rings (SSSR count). The first-order valence-electron chi connectivity index (χ1n) is 4.71. The second-order valence-electron chi connectivity index (χ2n) is 3.19. The second-order valence-corrected chi connectivity index (χ2v) is 4.10. The molecule has 0 saturated heterocycles. The smallest absolute Gasteiger partial charge is 0.356 e. The second kappa shape index (κ2) is 4.98. The molecule has 8 heteroatoms. The molecule has 2 aromatic rings. The molecule has 0 aromatic carbocycles. The number of carbonyl (C=O) groups is 1. The number of aromatic nitrogens is 3. The molecule has 1 atom stereocenters. The molecule has 1 unspecified atom stereocenters. The molecule has 2 aromatic heterocycles. The summed E-state index contributed by atoms with van der Waals surface area (Å²) < 4.78 is 22.0. The largest absolute Gasteiger partial charge is 0.768 e. The van der Waals surface area contributed by atoms with Gasteiger partial charge in [0.1, 0.15) is 11.4 Å². The standard InChI is InChI=1S/C10H7N3O4S/c14-10(15)7-4-3-6(12-13-7)9-8(18(16)17)2-1-5-11-9/h1-5H,(H,14,15)(H,16,17)/p-1. The minimum atomic E-state index is -2.45. The van der Waals surface area contributed by atoms with Crippen LogP contribution in [0.3, 0.4) is 0 Å². The van der Waals surface area contributed by atoms with Crippen molar-refractivity contribution in [1.82, 2.24) is 15.2 Å². The third-order valence-corrected chi connectivity index (χ3v) is 2.77. The Morgan fingerprint density at radius 2 is 2.06 bits per heavy atom. The molecule has 92 valence electrons. The maximum absolute atomic E-state index is 11.0. The van der Waals surface area contributed by atoms with Crippen LogP contribution in [-0.4, -0.2) is 35.0 Å². The highest BCUT2D eigenvalue weighted by molar-refractivity contribution is 7.79. The van der Waals surface area contributed by atoms with Crippen molar-refractivity contribution in [2.45, 2.75) is 4.90 Å². The van der Waals surface area contributed by atoms with Crippen LogP contribution < -0.4 is 0 Å². The maximum Gasteiger partial charge on any atom is 0.356 e. The maximum atomic E-state index is 11.0. The van der Waals surface area contributed by atoms with Crippen molar-refractivity contribution in [3.05, 3.63) is 36.2 Å². The van der Waals surface area contributed by atoms with E-state index in [0.29, 0.717) is 0 Å². The Morgan fingerprint density at radius 3 is 2.61 bits per heavy atom. The van der Waals surface area contributed by atoms with Crippen molar-refractivity contribution in [2.24, 2.45) is 0 Å². The minimum absolute atomic E-state index is 0.0186. The average molecular weight is 264 g/mol. The fourth-order valence-corrected chi connectivity index (χ4v) is 1.79. The molecule has 0 fully saturated rings. The number of pyridine rings is 1. The van der Waals surface area contributed by atoms with Gasteiger partial charge in [0.2, 0.25) is 0 Å². The van der Waals surface area contributed by atoms with E-state index in [0.717, 1.165) is 0 Å². The summed E-state index contributed by atoms with van der Waals surface area (Å²) in [6.07, 6.45) is 1.42. The van der Waals surface area contributed by atoms with Crippen LogP contribution in [0.15, 0.2) is 35.4 Å². The van der Waals surface area contributed by atoms with Crippen LogP contribution in [-0.2, 0) is 11.1 Å². The van der Waals surface area contributed by atoms with E-state index in [2.05, 4.69) is 15.2 Å². The van der Waals surface area contributed by atoms with E-state index in [-0.39, 0.29) is 22.0 Å². The lowest BCUT2D eigenvalue weighted by atomic mass is 10.2. The summed E-state index contributed by atoms with van der Waals surface area (Å²) in [7, 11) is 0. The summed E-state index contributed by atoms with van der Waals surface area (Å²) in [5, 5.41) is 15.8. The quantitative estimate of drug-likeness (QED) is 0.801. The van der Waals surface area contributed by atoms with E-state index in [1.165, 1.54) is 30.5 Å². The molecule has 0 bridgehead atoms. The summed E-state index contributed by atoms with van der Waals surface area (Å²) >= 11 is -2.45. The van der Waals surface area contributed by atoms with Crippen LogP contribution in [0.4, 0.5) is 0 Å². The Balaban J connectivity index is 2.49. The Labute approximate surface area is 104 Å². The molecular weight excluding hydrogens is 258 g/mol. The number of rotatable bonds is 3. The molecule has 0 radical (unpaired) electrons. The summed E-state index contributed by atoms with van der Waals surface area (Å²) in [6, 6.07) is 5.44. The summed E-state index contributed by atoms with van der Waals surface area (Å²) in [5.41, 5.74) is 0.106. The first-order chi connectivity index (χ1) is 8.59. The lowest BCUT2D eigenvalue weighted by molar-refractivity contribution is 0.0689. The van der Waals surface area contributed by atoms with Crippen LogP contribution in [0.25, 0.3) is 11.4 Å². The SMILES string of the molecule is O=C(O)c1ccc(-c2ncccc2S(=O)[O-])nn1. The Bertz CT molecular complexity index is 615. The lowest BCUT2D eigenvalue weighted by Crippen LogP contribution is -2.03. The highest BCUT2D eigenvalue weighted by atomic mass is 32.2. The van der Waals surface area contributed by atoms with Crippen molar-refractivity contribution in [2.75, 3.05) is 0 Å². The average Bonchev–Trinajstić information content (AvgIpc) is 2.39. The molecule has 0 spiro atoms. The lowest BCUT2D eigenvalue weighted by Gasteiger charge is -2.09. The molecule has 0 aliphatic carbocycles. The number of nitrogens with zero attached hydrogens (tertiary/aromatic N) is 3. The molecular formula is C10H6N3O4S-. The van der Waals surface area contributed by atoms with Crippen LogP contribution >= 0.6 is 0 Å². The topological polar surface area (TPSA) is 116 Å². The first kappa shape index (κ1) is 12.3. The highest BCUT2D eigenvalue weighted by Crippen LogP contribution is 2.20. The van der Waals surface area contributed by atoms with Gasteiger partial charge < -0.3 is 9.66 Å². The number of carboxylic acid groups (broad SMARTS) is 1. The van der Waals surface area contributed by atoms with Crippen LogP contribution in [0.5, 0.6) is 0 Å². The number of carboxylic acids is 1. The zero-order valence-corrected chi connectivity index (χ0v) is 9.63. The van der Waals surface area contributed by atoms with E-state index in [1.807, 2.05) is 0 Å². The van der Waals surface area contributed by atoms with Gasteiger partial charge in [0.25, 0.3) is 0 Å². The number of hydrogen-bond donors (Lipinski definition) is 1. The molecule has 7 nitrogen and oxygen atoms in total. The molecule has 18 heavy (non-hydrogen) atoms. The molecule has 1 N–H and O–H groups in total. The summed E-state index contributed by atoms with van der Waals surface area (Å²) in [4.78, 5) is 14.5. The molecule has 0 saturated carbocycles. The molecule has 0 aliphatic rings. The Hall–Kier alpha value is -2.19. The van der Waals surface area contributed by atoms with Crippen molar-refractivity contribution >= 4 is 17.0 Å². The summed E-state index contributed by atoms with van der Waals surface area (Å²) in [6.45, 7) is 0. The zero-order valence-electron chi connectivity index (χ0n) is 8.81. The van der Waals surface area contributed by atoms with E-state index in [9.17, 15) is 13.6 Å². The van der Waals surface area contributed by atoms with E-state index < -0.39 is 17.0 Å². The van der Waals surface area contributed by atoms with Gasteiger partial charge in [0.15, 0.2) is 5.69 Å². The fourth-order valence-electron chi connectivity index (χ4n) is 1.29. The van der Waals surface area contributed by atoms with Crippen LogP contribution in [0, 0.1) is 0 Å². The predicted molar refractivity (Wildman–Crippen MR) is 59.4 cm³/mol. The van der Waals surface area contributed by atoms with Gasteiger partial charge >= 0.3 is 5.97 Å². The van der Waals surface area contributed by atoms with Crippen LogP contribution in [0.1, 0.15) is 10.5 Å². The van der Waals surface area contributed by atoms with Gasteiger partial charge in [-0.1, -0.05) is 0 Å². The summed E-state index contributed by atoms with van der Waals surface area (Å²) in [5.74, 6) is -1.21. The van der Waals surface area contributed by atoms with E-state index in [1.54, 1.807) is 0 Å². The van der Waals surface area contributed by atoms with Gasteiger partial charge in [0.05, 0.1) is 4.90 Å². The van der Waals surface area contributed by atoms with Gasteiger partial charge in [-0.05, 0) is 35.3 Å². The third-order valence-electron chi connectivity index (χ3n) is 2.08. The Morgan fingerprint density at radius 1 is 1.28 bits per heavy atom. The highest BCUT2D eigenvalue weighted by Gasteiger charge is 2.11. The normalized spacial score (nSPS) is 12.1. The van der Waals surface area contributed by atoms with Gasteiger partial charge in [-0.15, -0.1) is 10.2 Å². The van der Waals surface area contributed by atoms with Crippen molar-refractivity contribution in [1.29, 1.82) is 0 Å². The van der Waals surface area contributed by atoms with E-state index in [4.69, 9.17) is 5.11 Å². The molecule has 2 heterocycles. The predicted octanol–water partition coefficient (Wildman–Crippen LogP) is 0.475. The zero-order chi connectivity index (χ0) is 13.1. The van der Waals surface area contributed by atoms with Crippen molar-refractivity contribution in [3.63, 3.8) is 0 Å².